The summed E-state index contributed by atoms with van der Waals surface area (Å²) in [7, 11) is 0. The number of hydrogen-bond acceptors (Lipinski definition) is 4. The predicted molar refractivity (Wildman–Crippen MR) is 119 cm³/mol. The van der Waals surface area contributed by atoms with Crippen molar-refractivity contribution in [3.05, 3.63) is 52.8 Å². The molecular weight excluding hydrogens is 449 g/mol. The summed E-state index contributed by atoms with van der Waals surface area (Å²) in [5, 5.41) is 5.11. The second-order valence-corrected chi connectivity index (χ2v) is 8.93. The number of carbonyl (C=O) groups excluding carboxylic acids is 3. The highest BCUT2D eigenvalue weighted by molar-refractivity contribution is 6.39. The van der Waals surface area contributed by atoms with E-state index in [4.69, 9.17) is 0 Å². The van der Waals surface area contributed by atoms with Crippen molar-refractivity contribution in [1.29, 1.82) is 0 Å². The molecule has 0 aliphatic carbocycles. The average molecular weight is 474 g/mol. The Hall–Kier alpha value is -3.43. The molecule has 0 bridgehead atoms. The highest BCUT2D eigenvalue weighted by Crippen LogP contribution is 2.36. The largest absolute Gasteiger partial charge is 0.418 e. The van der Waals surface area contributed by atoms with Gasteiger partial charge >= 0.3 is 18.0 Å². The van der Waals surface area contributed by atoms with Crippen molar-refractivity contribution in [2.75, 3.05) is 17.2 Å². The fourth-order valence-corrected chi connectivity index (χ4v) is 4.54. The van der Waals surface area contributed by atoms with Crippen LogP contribution in [0.4, 0.5) is 24.5 Å². The molecule has 2 atom stereocenters. The topological polar surface area (TPSA) is 91.4 Å². The standard InChI is InChI=1S/C24H25F3N4O3/c1-13-3-7-20(16-4-6-19-15(9-16)5-8-21(32)30-19)31(12-13)23(34)22(33)29-17-10-18(24(25,26)27)14(2)28-11-17/h4,6,9-11,13,20H,3,5,7-8,12H2,1-2H3,(H,29,33)(H,30,32). The summed E-state index contributed by atoms with van der Waals surface area (Å²) < 4.78 is 39.6. The Morgan fingerprint density at radius 1 is 1.18 bits per heavy atom. The molecule has 0 saturated carbocycles. The summed E-state index contributed by atoms with van der Waals surface area (Å²) >= 11 is 0. The van der Waals surface area contributed by atoms with E-state index < -0.39 is 23.6 Å². The number of anilines is 2. The molecule has 4 rings (SSSR count). The SMILES string of the molecule is Cc1ncc(NC(=O)C(=O)N2CC(C)CCC2c2ccc3c(c2)CCC(=O)N3)cc1C(F)(F)F. The Kier molecular flexibility index (Phi) is 6.33. The van der Waals surface area contributed by atoms with E-state index in [9.17, 15) is 27.6 Å². The van der Waals surface area contributed by atoms with Crippen molar-refractivity contribution in [3.63, 3.8) is 0 Å². The first kappa shape index (κ1) is 23.7. The van der Waals surface area contributed by atoms with Crippen LogP contribution in [0.1, 0.15) is 54.6 Å². The summed E-state index contributed by atoms with van der Waals surface area (Å²) in [6.45, 7) is 3.56. The third-order valence-electron chi connectivity index (χ3n) is 6.33. The van der Waals surface area contributed by atoms with Gasteiger partial charge in [0.15, 0.2) is 0 Å². The van der Waals surface area contributed by atoms with Crippen LogP contribution in [0, 0.1) is 12.8 Å². The number of nitrogens with one attached hydrogen (secondary N) is 2. The van der Waals surface area contributed by atoms with Gasteiger partial charge in [0.2, 0.25) is 5.91 Å². The van der Waals surface area contributed by atoms with E-state index in [0.29, 0.717) is 25.8 Å². The molecule has 1 aromatic heterocycles. The third-order valence-corrected chi connectivity index (χ3v) is 6.33. The molecule has 2 unspecified atom stereocenters. The van der Waals surface area contributed by atoms with Crippen LogP contribution >= 0.6 is 0 Å². The van der Waals surface area contributed by atoms with E-state index >= 15 is 0 Å². The van der Waals surface area contributed by atoms with Crippen LogP contribution in [0.2, 0.25) is 0 Å². The quantitative estimate of drug-likeness (QED) is 0.638. The van der Waals surface area contributed by atoms with Gasteiger partial charge in [-0.05, 0) is 55.4 Å². The molecule has 0 radical (unpaired) electrons. The molecule has 3 heterocycles. The average Bonchev–Trinajstić information content (AvgIpc) is 2.78. The number of fused-ring (bicyclic) bond motifs is 1. The summed E-state index contributed by atoms with van der Waals surface area (Å²) in [5.74, 6) is -1.69. The van der Waals surface area contributed by atoms with Gasteiger partial charge in [-0.2, -0.15) is 13.2 Å². The van der Waals surface area contributed by atoms with Crippen LogP contribution in [0.3, 0.4) is 0 Å². The predicted octanol–water partition coefficient (Wildman–Crippen LogP) is 4.23. The number of carbonyl (C=O) groups is 3. The van der Waals surface area contributed by atoms with Crippen LogP contribution in [-0.4, -0.2) is 34.2 Å². The lowest BCUT2D eigenvalue weighted by molar-refractivity contribution is -0.146. The van der Waals surface area contributed by atoms with Crippen molar-refractivity contribution in [1.82, 2.24) is 9.88 Å². The van der Waals surface area contributed by atoms with Crippen molar-refractivity contribution in [2.24, 2.45) is 5.92 Å². The maximum atomic E-state index is 13.2. The molecular formula is C24H25F3N4O3. The number of nitrogens with zero attached hydrogens (tertiary/aromatic N) is 2. The van der Waals surface area contributed by atoms with E-state index in [-0.39, 0.29) is 29.2 Å². The van der Waals surface area contributed by atoms with Crippen LogP contribution in [0.5, 0.6) is 0 Å². The smallest absolute Gasteiger partial charge is 0.327 e. The number of likely N-dealkylation sites (tertiary alicyclic amines) is 1. The molecule has 180 valence electrons. The van der Waals surface area contributed by atoms with Crippen molar-refractivity contribution in [3.8, 4) is 0 Å². The second-order valence-electron chi connectivity index (χ2n) is 8.93. The van der Waals surface area contributed by atoms with Gasteiger partial charge in [-0.1, -0.05) is 19.1 Å². The van der Waals surface area contributed by atoms with Crippen molar-refractivity contribution >= 4 is 29.1 Å². The Bertz CT molecular complexity index is 1150. The van der Waals surface area contributed by atoms with Gasteiger partial charge < -0.3 is 15.5 Å². The minimum absolute atomic E-state index is 0.0421. The number of aromatic nitrogens is 1. The van der Waals surface area contributed by atoms with E-state index in [1.807, 2.05) is 19.1 Å². The van der Waals surface area contributed by atoms with E-state index in [2.05, 4.69) is 15.6 Å². The summed E-state index contributed by atoms with van der Waals surface area (Å²) in [6, 6.07) is 6.02. The van der Waals surface area contributed by atoms with Gasteiger partial charge in [-0.15, -0.1) is 0 Å². The first-order chi connectivity index (χ1) is 16.0. The van der Waals surface area contributed by atoms with Gasteiger partial charge in [0.25, 0.3) is 0 Å². The Morgan fingerprint density at radius 2 is 1.94 bits per heavy atom. The maximum absolute atomic E-state index is 13.2. The molecule has 0 spiro atoms. The van der Waals surface area contributed by atoms with Crippen molar-refractivity contribution in [2.45, 2.75) is 51.7 Å². The molecule has 1 saturated heterocycles. The lowest BCUT2D eigenvalue weighted by Crippen LogP contribution is -2.46. The highest BCUT2D eigenvalue weighted by atomic mass is 19.4. The Balaban J connectivity index is 1.56. The van der Waals surface area contributed by atoms with Gasteiger partial charge in [-0.3, -0.25) is 19.4 Å². The van der Waals surface area contributed by atoms with E-state index in [1.165, 1.54) is 11.8 Å². The summed E-state index contributed by atoms with van der Waals surface area (Å²) in [6.07, 6.45) is -1.04. The number of piperidine rings is 1. The van der Waals surface area contributed by atoms with E-state index in [0.717, 1.165) is 35.5 Å². The lowest BCUT2D eigenvalue weighted by Gasteiger charge is -2.39. The van der Waals surface area contributed by atoms with Gasteiger partial charge in [-0.25, -0.2) is 0 Å². The minimum atomic E-state index is -4.62. The maximum Gasteiger partial charge on any atom is 0.418 e. The van der Waals surface area contributed by atoms with Crippen LogP contribution in [0.15, 0.2) is 30.5 Å². The molecule has 2 aliphatic rings. The van der Waals surface area contributed by atoms with Crippen molar-refractivity contribution < 1.29 is 27.6 Å². The third kappa shape index (κ3) is 4.90. The molecule has 34 heavy (non-hydrogen) atoms. The van der Waals surface area contributed by atoms with Crippen LogP contribution < -0.4 is 10.6 Å². The number of benzene rings is 1. The molecule has 7 nitrogen and oxygen atoms in total. The molecule has 3 amide bonds. The molecule has 1 aromatic carbocycles. The van der Waals surface area contributed by atoms with Crippen LogP contribution in [-0.2, 0) is 27.0 Å². The zero-order chi connectivity index (χ0) is 24.6. The number of alkyl halides is 3. The highest BCUT2D eigenvalue weighted by Gasteiger charge is 2.36. The zero-order valence-corrected chi connectivity index (χ0v) is 18.8. The van der Waals surface area contributed by atoms with Crippen LogP contribution in [0.25, 0.3) is 0 Å². The Labute approximate surface area is 194 Å². The van der Waals surface area contributed by atoms with Gasteiger partial charge in [0.1, 0.15) is 0 Å². The van der Waals surface area contributed by atoms with E-state index in [1.54, 1.807) is 6.07 Å². The summed E-state index contributed by atoms with van der Waals surface area (Å²) in [5.41, 5.74) is 1.19. The lowest BCUT2D eigenvalue weighted by atomic mass is 9.88. The zero-order valence-electron chi connectivity index (χ0n) is 18.8. The fraction of sp³-hybridized carbons (Fsp3) is 0.417. The molecule has 2 aromatic rings. The number of halogens is 3. The number of rotatable bonds is 2. The molecule has 2 aliphatic heterocycles. The number of hydrogen-bond donors (Lipinski definition) is 2. The minimum Gasteiger partial charge on any atom is -0.327 e. The number of aryl methyl sites for hydroxylation is 2. The fourth-order valence-electron chi connectivity index (χ4n) is 4.54. The normalized spacial score (nSPS) is 20.4. The first-order valence-corrected chi connectivity index (χ1v) is 11.1. The molecule has 10 heteroatoms. The first-order valence-electron chi connectivity index (χ1n) is 11.1. The second kappa shape index (κ2) is 9.08. The summed E-state index contributed by atoms with van der Waals surface area (Å²) in [4.78, 5) is 42.7. The molecule has 2 N–H and O–H groups in total. The van der Waals surface area contributed by atoms with Gasteiger partial charge in [0.05, 0.1) is 23.5 Å². The van der Waals surface area contributed by atoms with Gasteiger partial charge in [0, 0.05) is 24.3 Å². The monoisotopic (exact) mass is 474 g/mol. The number of amides is 3. The molecule has 1 fully saturated rings. The Morgan fingerprint density at radius 3 is 2.68 bits per heavy atom. The number of pyridine rings is 1.